The summed E-state index contributed by atoms with van der Waals surface area (Å²) in [5, 5.41) is 20.7. The van der Waals surface area contributed by atoms with Gasteiger partial charge in [0.25, 0.3) is 0 Å². The molecule has 658 valence electrons. The number of morpholine rings is 1. The molecule has 0 amide bonds. The van der Waals surface area contributed by atoms with Gasteiger partial charge in [0.2, 0.25) is 27.1 Å². The molecule has 20 aromatic rings. The molecular weight excluding hydrogens is 1720 g/mol. The summed E-state index contributed by atoms with van der Waals surface area (Å²) >= 11 is 24.1. The lowest BCUT2D eigenvalue weighted by Crippen LogP contribution is -2.38. The van der Waals surface area contributed by atoms with E-state index in [-0.39, 0.29) is 27.2 Å². The van der Waals surface area contributed by atoms with Crippen molar-refractivity contribution < 1.29 is 4.74 Å². The first-order valence-corrected chi connectivity index (χ1v) is 44.1. The second kappa shape index (κ2) is 38.3. The van der Waals surface area contributed by atoms with Crippen LogP contribution in [0.2, 0.25) is 21.1 Å². The molecule has 1 saturated heterocycles. The van der Waals surface area contributed by atoms with Crippen LogP contribution in [-0.2, 0) is 51.1 Å². The quantitative estimate of drug-likeness (QED) is 0.0280. The zero-order valence-corrected chi connectivity index (χ0v) is 73.4. The summed E-state index contributed by atoms with van der Waals surface area (Å²) in [6.45, 7) is 11.8. The Bertz CT molecular complexity index is 7120. The average Bonchev–Trinajstić information content (AvgIpc) is 1.64. The first-order chi connectivity index (χ1) is 63.1. The summed E-state index contributed by atoms with van der Waals surface area (Å²) in [6.07, 6.45) is 17.8. The molecule has 23 rings (SSSR count). The fourth-order valence-electron chi connectivity index (χ4n) is 16.0. The van der Waals surface area contributed by atoms with Crippen molar-refractivity contribution in [2.45, 2.75) is 129 Å². The number of aromatic nitrogens is 30. The van der Waals surface area contributed by atoms with Crippen molar-refractivity contribution in [3.63, 3.8) is 0 Å². The minimum Gasteiger partial charge on any atom is -0.379 e. The fourth-order valence-corrected chi connectivity index (χ4v) is 16.7. The van der Waals surface area contributed by atoms with E-state index in [1.54, 1.807) is 29.9 Å². The van der Waals surface area contributed by atoms with E-state index in [1.165, 1.54) is 25.7 Å². The number of aryl methyl sites for hydroxylation is 1. The summed E-state index contributed by atoms with van der Waals surface area (Å²) < 4.78 is 13.4. The molecule has 0 spiro atoms. The van der Waals surface area contributed by atoms with Gasteiger partial charge in [-0.1, -0.05) is 73.5 Å². The lowest BCUT2D eigenvalue weighted by Gasteiger charge is -2.27. The zero-order valence-electron chi connectivity index (χ0n) is 70.4. The first kappa shape index (κ1) is 84.5. The number of nitrogens with one attached hydrogen (secondary N) is 12. The zero-order chi connectivity index (χ0) is 87.9. The Hall–Kier alpha value is -14.0. The van der Waals surface area contributed by atoms with Gasteiger partial charge in [-0.25, -0.2) is 49.8 Å². The molecule has 0 atom stereocenters. The SMILES string of the molecule is CC(C)n1cnc2c(NCc3nc4ccccc4[nH]3)nc(Cl)nc21.Clc1nc(NCc2nc3ccccc3[nH]2)c2[nH]cnc2n1.Clc1nc(NCc2nc3ccccc3[nH]2)c2ncn(CCN3CCOCC3)c2n1.Cn1cnc2c(NCc3nc4ccccc4[nH]3)nc(Cl)nc21.NC1CCC(Nc2nc(NCc3nc4ccccc4[nH]3)c3ncn(C4CCCC4)c3n2)CC1. The number of nitrogens with zero attached hydrogens (tertiary/aromatic N) is 25. The highest BCUT2D eigenvalue weighted by Crippen LogP contribution is 2.35. The van der Waals surface area contributed by atoms with Crippen LogP contribution in [0.4, 0.5) is 35.0 Å². The second-order valence-electron chi connectivity index (χ2n) is 31.7. The number of H-pyrrole nitrogens is 6. The van der Waals surface area contributed by atoms with E-state index in [9.17, 15) is 0 Å². The van der Waals surface area contributed by atoms with Crippen LogP contribution in [0.5, 0.6) is 0 Å². The van der Waals surface area contributed by atoms with Crippen LogP contribution in [-0.4, -0.2) is 198 Å². The number of halogens is 4. The normalized spacial score (nSPS) is 15.0. The van der Waals surface area contributed by atoms with Crippen molar-refractivity contribution in [1.29, 1.82) is 0 Å². The molecule has 43 heteroatoms. The molecule has 3 fully saturated rings. The maximum Gasteiger partial charge on any atom is 0.227 e. The van der Waals surface area contributed by atoms with Gasteiger partial charge in [0.05, 0.1) is 133 Å². The van der Waals surface area contributed by atoms with Gasteiger partial charge in [-0.2, -0.15) is 49.8 Å². The van der Waals surface area contributed by atoms with E-state index < -0.39 is 0 Å². The molecule has 16 heterocycles. The smallest absolute Gasteiger partial charge is 0.227 e. The molecule has 39 nitrogen and oxygen atoms in total. The molecular formula is C86H90Cl4N38O. The van der Waals surface area contributed by atoms with Crippen LogP contribution in [0.15, 0.2) is 153 Å². The van der Waals surface area contributed by atoms with Crippen LogP contribution in [0.3, 0.4) is 0 Å². The molecule has 15 aromatic heterocycles. The van der Waals surface area contributed by atoms with E-state index >= 15 is 0 Å². The Balaban J connectivity index is 0.000000106. The van der Waals surface area contributed by atoms with Gasteiger partial charge < -0.3 is 90.5 Å². The second-order valence-corrected chi connectivity index (χ2v) is 33.0. The van der Waals surface area contributed by atoms with E-state index in [4.69, 9.17) is 71.8 Å². The lowest BCUT2D eigenvalue weighted by molar-refractivity contribution is 0.0365. The van der Waals surface area contributed by atoms with Gasteiger partial charge in [0.15, 0.2) is 79.4 Å². The number of anilines is 6. The lowest BCUT2D eigenvalue weighted by atomic mass is 9.92. The maximum atomic E-state index is 6.19. The highest BCUT2D eigenvalue weighted by atomic mass is 35.5. The number of nitrogens with two attached hydrogens (primary N) is 1. The third kappa shape index (κ3) is 19.6. The standard InChI is InChI=1S/C24H31N9.C19H21ClN8O.C16H16ClN7.C14H12ClN7.C13H10ClN7/c25-15-9-11-16(12-10-15)28-24-31-22(26-13-20-29-18-7-3-4-8-19(18)30-20)21-23(32-24)33(14-27-21)17-5-1-2-6-17;20-19-25-17(21-11-15-23-13-3-1-2-4-14(13)24-15)16-18(26-19)28(12-22-16)6-5-27-7-9-29-10-8-27;1-9(2)24-8-19-13-14(22-16(17)23-15(13)24)18-7-12-20-10-5-3-4-6-11(10)21-12;1-22-7-17-11-12(20-14(15)21-13(11)22)16-6-10-18-8-4-2-3-5-9(8)19-10;14-13-20-11(10-12(21-13)17-6-16-10)15-5-9-18-7-3-1-2-4-8(7)19-9/h3-4,7-8,14-17H,1-2,5-6,9-13,25H2,(H,29,30)(H2,26,28,31,32);1-4,12H,5-11H2,(H,23,24)(H,21,25,26);3-6,8-9H,7H2,1-2H3,(H,20,21)(H,18,22,23);2-5,7H,6H2,1H3,(H,18,19)(H,16,20,21);1-4,6H,5H2,(H,18,19)(H2,15,16,17,20,21). The largest absolute Gasteiger partial charge is 0.379 e. The summed E-state index contributed by atoms with van der Waals surface area (Å²) in [5.74, 6) is 7.95. The molecule has 0 unspecified atom stereocenters. The van der Waals surface area contributed by atoms with Crippen molar-refractivity contribution in [2.24, 2.45) is 12.8 Å². The Morgan fingerprint density at radius 3 is 1.33 bits per heavy atom. The van der Waals surface area contributed by atoms with Crippen LogP contribution < -0.4 is 37.6 Å². The van der Waals surface area contributed by atoms with Gasteiger partial charge in [-0.05, 0) is 159 Å². The van der Waals surface area contributed by atoms with E-state index in [0.717, 1.165) is 183 Å². The number of hydrogen-bond donors (Lipinski definition) is 13. The average molecular weight is 1810 g/mol. The summed E-state index contributed by atoms with van der Waals surface area (Å²) in [6, 6.07) is 41.0. The van der Waals surface area contributed by atoms with E-state index in [2.05, 4.69) is 170 Å². The minimum absolute atomic E-state index is 0.154. The number of ether oxygens (including phenoxy) is 1. The molecule has 1 aliphatic heterocycles. The van der Waals surface area contributed by atoms with Crippen molar-refractivity contribution in [3.8, 4) is 0 Å². The molecule has 2 saturated carbocycles. The Morgan fingerprint density at radius 1 is 0.419 bits per heavy atom. The number of imidazole rings is 10. The van der Waals surface area contributed by atoms with Crippen molar-refractivity contribution >= 4 is 192 Å². The maximum absolute atomic E-state index is 6.19. The van der Waals surface area contributed by atoms with E-state index in [0.29, 0.717) is 108 Å². The number of hydrogen-bond acceptors (Lipinski definition) is 29. The molecule has 5 aromatic carbocycles. The molecule has 129 heavy (non-hydrogen) atoms. The highest BCUT2D eigenvalue weighted by Gasteiger charge is 2.26. The number of benzene rings is 5. The molecule has 0 radical (unpaired) electrons. The Labute approximate surface area is 754 Å². The Kier molecular flexibility index (Phi) is 25.1. The molecule has 14 N–H and O–H groups in total. The van der Waals surface area contributed by atoms with Crippen LogP contribution in [0, 0.1) is 0 Å². The van der Waals surface area contributed by atoms with Crippen molar-refractivity contribution in [1.82, 2.24) is 153 Å². The highest BCUT2D eigenvalue weighted by molar-refractivity contribution is 6.29. The predicted octanol–water partition coefficient (Wildman–Crippen LogP) is 15.0. The fraction of sp³-hybridized carbons (Fsp3) is 0.302. The predicted molar refractivity (Wildman–Crippen MR) is 500 cm³/mol. The van der Waals surface area contributed by atoms with Crippen LogP contribution >= 0.6 is 46.4 Å². The number of fused-ring (bicyclic) bond motifs is 10. The molecule has 0 bridgehead atoms. The molecule has 2 aliphatic carbocycles. The van der Waals surface area contributed by atoms with Gasteiger partial charge in [-0.15, -0.1) is 0 Å². The topological polar surface area (TPSA) is 483 Å². The monoisotopic (exact) mass is 1810 g/mol. The van der Waals surface area contributed by atoms with Crippen LogP contribution in [0.1, 0.15) is 106 Å². The van der Waals surface area contributed by atoms with E-state index in [1.807, 2.05) is 144 Å². The Morgan fingerprint density at radius 2 is 0.829 bits per heavy atom. The third-order valence-corrected chi connectivity index (χ3v) is 23.2. The van der Waals surface area contributed by atoms with Crippen molar-refractivity contribution in [3.05, 3.63) is 203 Å². The molecule has 3 aliphatic rings. The van der Waals surface area contributed by atoms with Gasteiger partial charge in [0, 0.05) is 57.4 Å². The van der Waals surface area contributed by atoms with Gasteiger partial charge >= 0.3 is 0 Å². The number of para-hydroxylation sites is 10. The number of rotatable bonds is 22. The van der Waals surface area contributed by atoms with Crippen molar-refractivity contribution in [2.75, 3.05) is 64.7 Å². The van der Waals surface area contributed by atoms with Gasteiger partial charge in [0.1, 0.15) is 34.6 Å². The number of aromatic amines is 6. The summed E-state index contributed by atoms with van der Waals surface area (Å²) in [4.78, 5) is 110. The first-order valence-electron chi connectivity index (χ1n) is 42.5. The van der Waals surface area contributed by atoms with Crippen LogP contribution in [0.25, 0.3) is 111 Å². The van der Waals surface area contributed by atoms with Gasteiger partial charge in [-0.3, -0.25) is 4.90 Å². The third-order valence-electron chi connectivity index (χ3n) is 22.5. The summed E-state index contributed by atoms with van der Waals surface area (Å²) in [5.41, 5.74) is 23.0. The summed E-state index contributed by atoms with van der Waals surface area (Å²) in [7, 11) is 1.86. The minimum atomic E-state index is 0.154.